The summed E-state index contributed by atoms with van der Waals surface area (Å²) in [6, 6.07) is 11.2. The lowest BCUT2D eigenvalue weighted by Gasteiger charge is -2.06. The molecule has 2 N–H and O–H groups in total. The first-order valence-corrected chi connectivity index (χ1v) is 6.27. The first kappa shape index (κ1) is 15.2. The molecule has 0 aliphatic heterocycles. The van der Waals surface area contributed by atoms with Crippen LogP contribution in [0.25, 0.3) is 0 Å². The Labute approximate surface area is 125 Å². The van der Waals surface area contributed by atoms with Crippen molar-refractivity contribution in [1.29, 1.82) is 5.41 Å². The second-order valence-corrected chi connectivity index (χ2v) is 4.46. The lowest BCUT2D eigenvalue weighted by Crippen LogP contribution is -2.14. The lowest BCUT2D eigenvalue weighted by atomic mass is 10.1. The second-order valence-electron chi connectivity index (χ2n) is 4.46. The summed E-state index contributed by atoms with van der Waals surface area (Å²) in [7, 11) is 0. The molecule has 0 atom stereocenters. The van der Waals surface area contributed by atoms with Crippen LogP contribution in [0.1, 0.15) is 15.9 Å². The third-order valence-electron chi connectivity index (χ3n) is 2.81. The number of nitro groups is 1. The lowest BCUT2D eigenvalue weighted by molar-refractivity contribution is -0.384. The highest BCUT2D eigenvalue weighted by molar-refractivity contribution is 5.98. The summed E-state index contributed by atoms with van der Waals surface area (Å²) in [5.41, 5.74) is 0.471. The molecular formula is C15H12N2O5. The first-order chi connectivity index (χ1) is 10.5. The van der Waals surface area contributed by atoms with Crippen LogP contribution in [0, 0.1) is 15.5 Å². The Kier molecular flexibility index (Phi) is 4.47. The van der Waals surface area contributed by atoms with Crippen LogP contribution in [0.4, 0.5) is 5.69 Å². The number of nitrogens with zero attached hydrogens (tertiary/aromatic N) is 1. The number of phenols is 1. The van der Waals surface area contributed by atoms with Crippen molar-refractivity contribution in [2.45, 2.75) is 6.42 Å². The van der Waals surface area contributed by atoms with Gasteiger partial charge in [0.05, 0.1) is 10.5 Å². The number of non-ortho nitro benzene ring substituents is 1. The number of nitro benzene ring substituents is 1. The van der Waals surface area contributed by atoms with Crippen molar-refractivity contribution in [3.63, 3.8) is 0 Å². The number of ether oxygens (including phenoxy) is 1. The van der Waals surface area contributed by atoms with Crippen LogP contribution in [-0.2, 0) is 11.2 Å². The number of carbonyl (C=O) groups is 1. The molecule has 22 heavy (non-hydrogen) atoms. The topological polar surface area (TPSA) is 114 Å². The van der Waals surface area contributed by atoms with E-state index in [2.05, 4.69) is 0 Å². The Hall–Kier alpha value is -3.22. The third-order valence-corrected chi connectivity index (χ3v) is 2.81. The van der Waals surface area contributed by atoms with E-state index in [0.717, 1.165) is 6.07 Å². The van der Waals surface area contributed by atoms with Crippen LogP contribution in [0.2, 0.25) is 0 Å². The van der Waals surface area contributed by atoms with E-state index in [1.807, 2.05) is 0 Å². The standard InChI is InChI=1S/C15H12N2O5/c16-14(8-10-4-6-13(18)7-5-10)22-15(19)11-2-1-3-12(9-11)17(20)21/h1-7,9,16,18H,8H2. The van der Waals surface area contributed by atoms with Gasteiger partial charge in [-0.3, -0.25) is 15.5 Å². The zero-order valence-electron chi connectivity index (χ0n) is 11.4. The molecular weight excluding hydrogens is 288 g/mol. The molecule has 2 aromatic rings. The van der Waals surface area contributed by atoms with E-state index >= 15 is 0 Å². The van der Waals surface area contributed by atoms with Crippen LogP contribution in [-0.4, -0.2) is 21.9 Å². The van der Waals surface area contributed by atoms with Crippen LogP contribution in [0.3, 0.4) is 0 Å². The SMILES string of the molecule is N=C(Cc1ccc(O)cc1)OC(=O)c1cccc([N+](=O)[O-])c1. The molecule has 0 unspecified atom stereocenters. The molecule has 0 saturated carbocycles. The van der Waals surface area contributed by atoms with Crippen molar-refractivity contribution in [2.75, 3.05) is 0 Å². The van der Waals surface area contributed by atoms with Gasteiger partial charge in [0.15, 0.2) is 5.90 Å². The average Bonchev–Trinajstić information content (AvgIpc) is 2.49. The monoisotopic (exact) mass is 300 g/mol. The van der Waals surface area contributed by atoms with Crippen LogP contribution in [0.15, 0.2) is 48.5 Å². The number of benzene rings is 2. The van der Waals surface area contributed by atoms with Crippen LogP contribution < -0.4 is 0 Å². The Bertz CT molecular complexity index is 725. The predicted molar refractivity (Wildman–Crippen MR) is 78.0 cm³/mol. The van der Waals surface area contributed by atoms with Crippen molar-refractivity contribution in [1.82, 2.24) is 0 Å². The number of hydrogen-bond acceptors (Lipinski definition) is 6. The van der Waals surface area contributed by atoms with E-state index in [4.69, 9.17) is 15.3 Å². The van der Waals surface area contributed by atoms with Gasteiger partial charge < -0.3 is 9.84 Å². The Morgan fingerprint density at radius 3 is 2.55 bits per heavy atom. The summed E-state index contributed by atoms with van der Waals surface area (Å²) in [4.78, 5) is 21.9. The van der Waals surface area contributed by atoms with Crippen LogP contribution in [0.5, 0.6) is 5.75 Å². The van der Waals surface area contributed by atoms with Gasteiger partial charge >= 0.3 is 5.97 Å². The molecule has 2 rings (SSSR count). The minimum absolute atomic E-state index is 0.00431. The van der Waals surface area contributed by atoms with Crippen molar-refractivity contribution in [2.24, 2.45) is 0 Å². The van der Waals surface area contributed by atoms with Gasteiger partial charge in [0, 0.05) is 18.6 Å². The fourth-order valence-electron chi connectivity index (χ4n) is 1.75. The number of carbonyl (C=O) groups excluding carboxylic acids is 1. The highest BCUT2D eigenvalue weighted by atomic mass is 16.6. The Balaban J connectivity index is 2.02. The molecule has 0 aliphatic carbocycles. The quantitative estimate of drug-likeness (QED) is 0.296. The molecule has 0 aromatic heterocycles. The first-order valence-electron chi connectivity index (χ1n) is 6.27. The molecule has 0 saturated heterocycles. The molecule has 0 amide bonds. The fraction of sp³-hybridized carbons (Fsp3) is 0.0667. The minimum Gasteiger partial charge on any atom is -0.508 e. The smallest absolute Gasteiger partial charge is 0.344 e. The zero-order chi connectivity index (χ0) is 16.1. The number of phenolic OH excluding ortho intramolecular Hbond substituents is 1. The number of aromatic hydroxyl groups is 1. The average molecular weight is 300 g/mol. The van der Waals surface area contributed by atoms with Crippen molar-refractivity contribution in [3.8, 4) is 5.75 Å². The summed E-state index contributed by atoms with van der Waals surface area (Å²) < 4.78 is 4.86. The second kappa shape index (κ2) is 6.49. The van der Waals surface area contributed by atoms with Gasteiger partial charge in [0.1, 0.15) is 5.75 Å². The van der Waals surface area contributed by atoms with Gasteiger partial charge in [-0.1, -0.05) is 18.2 Å². The number of nitrogens with one attached hydrogen (secondary N) is 1. The van der Waals surface area contributed by atoms with E-state index in [0.29, 0.717) is 5.56 Å². The highest BCUT2D eigenvalue weighted by Gasteiger charge is 2.14. The van der Waals surface area contributed by atoms with Gasteiger partial charge in [-0.05, 0) is 23.8 Å². The van der Waals surface area contributed by atoms with Crippen molar-refractivity contribution < 1.29 is 19.6 Å². The summed E-state index contributed by atoms with van der Waals surface area (Å²) in [5.74, 6) is -1.02. The maximum absolute atomic E-state index is 11.8. The molecule has 7 heteroatoms. The summed E-state index contributed by atoms with van der Waals surface area (Å²) in [6.45, 7) is 0. The van der Waals surface area contributed by atoms with E-state index in [-0.39, 0.29) is 29.3 Å². The normalized spacial score (nSPS) is 10.0. The van der Waals surface area contributed by atoms with E-state index in [1.165, 1.54) is 30.3 Å². The summed E-state index contributed by atoms with van der Waals surface area (Å²) in [5, 5.41) is 27.5. The van der Waals surface area contributed by atoms with Gasteiger partial charge in [0.25, 0.3) is 5.69 Å². The molecule has 7 nitrogen and oxygen atoms in total. The molecule has 0 spiro atoms. The fourth-order valence-corrected chi connectivity index (χ4v) is 1.75. The number of esters is 1. The predicted octanol–water partition coefficient (Wildman–Crippen LogP) is 2.68. The van der Waals surface area contributed by atoms with E-state index in [1.54, 1.807) is 12.1 Å². The molecule has 0 heterocycles. The van der Waals surface area contributed by atoms with Crippen molar-refractivity contribution in [3.05, 3.63) is 69.8 Å². The van der Waals surface area contributed by atoms with E-state index in [9.17, 15) is 14.9 Å². The summed E-state index contributed by atoms with van der Waals surface area (Å²) in [6.07, 6.45) is 0.0704. The number of rotatable bonds is 4. The third kappa shape index (κ3) is 3.89. The Morgan fingerprint density at radius 1 is 1.23 bits per heavy atom. The maximum atomic E-state index is 11.8. The molecule has 0 radical (unpaired) electrons. The van der Waals surface area contributed by atoms with Crippen molar-refractivity contribution >= 4 is 17.6 Å². The van der Waals surface area contributed by atoms with Gasteiger partial charge in [0.2, 0.25) is 0 Å². The van der Waals surface area contributed by atoms with Gasteiger partial charge in [-0.15, -0.1) is 0 Å². The van der Waals surface area contributed by atoms with Gasteiger partial charge in [-0.25, -0.2) is 4.79 Å². The number of hydrogen-bond donors (Lipinski definition) is 2. The highest BCUT2D eigenvalue weighted by Crippen LogP contribution is 2.15. The zero-order valence-corrected chi connectivity index (χ0v) is 11.4. The molecule has 0 aliphatic rings. The van der Waals surface area contributed by atoms with Crippen LogP contribution >= 0.6 is 0 Å². The minimum atomic E-state index is -0.826. The molecule has 0 fully saturated rings. The Morgan fingerprint density at radius 2 is 1.91 bits per heavy atom. The summed E-state index contributed by atoms with van der Waals surface area (Å²) >= 11 is 0. The maximum Gasteiger partial charge on any atom is 0.344 e. The molecule has 112 valence electrons. The largest absolute Gasteiger partial charge is 0.508 e. The van der Waals surface area contributed by atoms with E-state index < -0.39 is 10.9 Å². The molecule has 2 aromatic carbocycles. The molecule has 0 bridgehead atoms. The van der Waals surface area contributed by atoms with Gasteiger partial charge in [-0.2, -0.15) is 0 Å².